The summed E-state index contributed by atoms with van der Waals surface area (Å²) in [6, 6.07) is 13.1. The van der Waals surface area contributed by atoms with Gasteiger partial charge in [0.05, 0.1) is 12.1 Å². The number of ether oxygens (including phenoxy) is 1. The Kier molecular flexibility index (Phi) is 6.59. The second-order valence-corrected chi connectivity index (χ2v) is 7.08. The summed E-state index contributed by atoms with van der Waals surface area (Å²) in [6.45, 7) is 0.200. The van der Waals surface area contributed by atoms with E-state index in [1.807, 2.05) is 23.6 Å². The Morgan fingerprint density at radius 3 is 2.77 bits per heavy atom. The number of benzene rings is 1. The molecule has 154 valence electrons. The molecular weight excluding hydrogens is 417 g/mol. The molecule has 3 aromatic rings. The molecule has 1 amide bonds. The number of carbonyl (C=O) groups is 1. The summed E-state index contributed by atoms with van der Waals surface area (Å²) in [5, 5.41) is 13.8. The molecule has 2 heterocycles. The topological polar surface area (TPSA) is 75.3 Å². The molecular formula is C21H15F3N2O3S. The highest BCUT2D eigenvalue weighted by Gasteiger charge is 2.30. The number of amides is 1. The summed E-state index contributed by atoms with van der Waals surface area (Å²) >= 11 is 1.49. The number of nitriles is 1. The molecule has 0 bridgehead atoms. The number of hydrogen-bond donors (Lipinski definition) is 1. The summed E-state index contributed by atoms with van der Waals surface area (Å²) in [7, 11) is 0. The molecule has 1 aromatic carbocycles. The van der Waals surface area contributed by atoms with Crippen LogP contribution in [0.15, 0.2) is 63.9 Å². The van der Waals surface area contributed by atoms with Crippen LogP contribution in [0.1, 0.15) is 22.0 Å². The number of furan rings is 1. The van der Waals surface area contributed by atoms with Crippen LogP contribution in [0.25, 0.3) is 6.08 Å². The van der Waals surface area contributed by atoms with Gasteiger partial charge in [-0.25, -0.2) is 0 Å². The maximum Gasteiger partial charge on any atom is 0.416 e. The fourth-order valence-electron chi connectivity index (χ4n) is 2.43. The molecule has 0 aliphatic carbocycles. The maximum atomic E-state index is 12.8. The van der Waals surface area contributed by atoms with E-state index in [0.717, 1.165) is 17.0 Å². The van der Waals surface area contributed by atoms with E-state index in [0.29, 0.717) is 12.3 Å². The Morgan fingerprint density at radius 1 is 1.23 bits per heavy atom. The van der Waals surface area contributed by atoms with Crippen molar-refractivity contribution in [2.24, 2.45) is 0 Å². The number of halogens is 3. The highest BCUT2D eigenvalue weighted by atomic mass is 32.1. The molecule has 0 aliphatic rings. The third-order valence-corrected chi connectivity index (χ3v) is 4.76. The fourth-order valence-corrected chi connectivity index (χ4v) is 3.08. The van der Waals surface area contributed by atoms with Crippen molar-refractivity contribution in [3.8, 4) is 11.8 Å². The van der Waals surface area contributed by atoms with Crippen LogP contribution in [0.3, 0.4) is 0 Å². The van der Waals surface area contributed by atoms with Crippen molar-refractivity contribution >= 4 is 23.3 Å². The van der Waals surface area contributed by atoms with E-state index in [1.165, 1.54) is 35.6 Å². The van der Waals surface area contributed by atoms with E-state index in [4.69, 9.17) is 9.15 Å². The summed E-state index contributed by atoms with van der Waals surface area (Å²) in [5.74, 6) is 0.0865. The Bertz CT molecular complexity index is 1080. The van der Waals surface area contributed by atoms with Crippen molar-refractivity contribution in [2.75, 3.05) is 0 Å². The molecule has 0 fully saturated rings. The number of hydrogen-bond acceptors (Lipinski definition) is 5. The molecule has 9 heteroatoms. The average Bonchev–Trinajstić information content (AvgIpc) is 3.40. The molecule has 30 heavy (non-hydrogen) atoms. The normalized spacial score (nSPS) is 11.7. The minimum atomic E-state index is -4.46. The van der Waals surface area contributed by atoms with Crippen molar-refractivity contribution in [2.45, 2.75) is 19.3 Å². The van der Waals surface area contributed by atoms with Crippen molar-refractivity contribution < 1.29 is 27.1 Å². The zero-order valence-corrected chi connectivity index (χ0v) is 16.2. The molecule has 0 atom stereocenters. The molecule has 0 saturated heterocycles. The van der Waals surface area contributed by atoms with Gasteiger partial charge in [0.25, 0.3) is 5.91 Å². The molecule has 0 unspecified atom stereocenters. The van der Waals surface area contributed by atoms with Gasteiger partial charge in [-0.3, -0.25) is 4.79 Å². The average molecular weight is 432 g/mol. The van der Waals surface area contributed by atoms with Crippen LogP contribution >= 0.6 is 11.3 Å². The predicted molar refractivity (Wildman–Crippen MR) is 104 cm³/mol. The molecule has 3 rings (SSSR count). The van der Waals surface area contributed by atoms with Gasteiger partial charge in [-0.05, 0) is 41.8 Å². The first kappa shape index (κ1) is 21.2. The van der Waals surface area contributed by atoms with Gasteiger partial charge in [-0.1, -0.05) is 12.1 Å². The van der Waals surface area contributed by atoms with Crippen molar-refractivity contribution in [3.63, 3.8) is 0 Å². The van der Waals surface area contributed by atoms with Gasteiger partial charge in [0, 0.05) is 11.0 Å². The minimum Gasteiger partial charge on any atom is -0.486 e. The smallest absolute Gasteiger partial charge is 0.416 e. The fraction of sp³-hybridized carbons (Fsp3) is 0.143. The second kappa shape index (κ2) is 9.33. The van der Waals surface area contributed by atoms with E-state index >= 15 is 0 Å². The van der Waals surface area contributed by atoms with E-state index < -0.39 is 17.6 Å². The van der Waals surface area contributed by atoms with E-state index in [-0.39, 0.29) is 23.7 Å². The van der Waals surface area contributed by atoms with Crippen LogP contribution in [0.5, 0.6) is 5.75 Å². The van der Waals surface area contributed by atoms with Crippen LogP contribution in [-0.4, -0.2) is 5.91 Å². The van der Waals surface area contributed by atoms with E-state index in [9.17, 15) is 23.2 Å². The molecule has 0 radical (unpaired) electrons. The first-order valence-corrected chi connectivity index (χ1v) is 9.54. The summed E-state index contributed by atoms with van der Waals surface area (Å²) in [4.78, 5) is 13.1. The third kappa shape index (κ3) is 5.75. The van der Waals surface area contributed by atoms with Crippen LogP contribution < -0.4 is 10.1 Å². The number of thiophene rings is 1. The molecule has 1 N–H and O–H groups in total. The number of nitrogens with one attached hydrogen (secondary N) is 1. The van der Waals surface area contributed by atoms with Gasteiger partial charge in [0.2, 0.25) is 0 Å². The highest BCUT2D eigenvalue weighted by Crippen LogP contribution is 2.31. The van der Waals surface area contributed by atoms with Gasteiger partial charge in [0.15, 0.2) is 0 Å². The monoisotopic (exact) mass is 432 g/mol. The number of rotatable bonds is 7. The third-order valence-electron chi connectivity index (χ3n) is 3.88. The SMILES string of the molecule is N#C/C(=C\c1ccc(COc2cccc(C(F)(F)F)c2)o1)C(=O)NCc1cccs1. The molecule has 0 spiro atoms. The quantitative estimate of drug-likeness (QED) is 0.413. The standard InChI is InChI=1S/C21H15F3N2O3S/c22-21(23,24)15-3-1-4-16(10-15)28-13-18-7-6-17(29-18)9-14(11-25)20(27)26-12-19-5-2-8-30-19/h1-10H,12-13H2,(H,26,27)/b14-9+. The lowest BCUT2D eigenvalue weighted by atomic mass is 10.2. The van der Waals surface area contributed by atoms with Crippen LogP contribution in [-0.2, 0) is 24.1 Å². The number of nitrogens with zero attached hydrogens (tertiary/aromatic N) is 1. The molecule has 2 aromatic heterocycles. The van der Waals surface area contributed by atoms with Gasteiger partial charge >= 0.3 is 6.18 Å². The van der Waals surface area contributed by atoms with Gasteiger partial charge in [-0.2, -0.15) is 18.4 Å². The van der Waals surface area contributed by atoms with Gasteiger partial charge in [-0.15, -0.1) is 11.3 Å². The Labute approximate surface area is 174 Å². The van der Waals surface area contributed by atoms with Crippen molar-refractivity contribution in [3.05, 3.63) is 81.4 Å². The van der Waals surface area contributed by atoms with Gasteiger partial charge in [0.1, 0.15) is 35.5 Å². The number of alkyl halides is 3. The first-order valence-electron chi connectivity index (χ1n) is 8.66. The van der Waals surface area contributed by atoms with E-state index in [2.05, 4.69) is 5.32 Å². The first-order chi connectivity index (χ1) is 14.3. The Morgan fingerprint density at radius 2 is 2.07 bits per heavy atom. The summed E-state index contributed by atoms with van der Waals surface area (Å²) in [6.07, 6.45) is -3.17. The zero-order valence-electron chi connectivity index (χ0n) is 15.4. The predicted octanol–water partition coefficient (Wildman–Crippen LogP) is 5.16. The van der Waals surface area contributed by atoms with Crippen molar-refractivity contribution in [1.29, 1.82) is 5.26 Å². The lowest BCUT2D eigenvalue weighted by Gasteiger charge is -2.09. The molecule has 5 nitrogen and oxygen atoms in total. The second-order valence-electron chi connectivity index (χ2n) is 6.05. The minimum absolute atomic E-state index is 0.0454. The van der Waals surface area contributed by atoms with Gasteiger partial charge < -0.3 is 14.5 Å². The van der Waals surface area contributed by atoms with Crippen molar-refractivity contribution in [1.82, 2.24) is 5.32 Å². The summed E-state index contributed by atoms with van der Waals surface area (Å²) < 4.78 is 49.1. The summed E-state index contributed by atoms with van der Waals surface area (Å²) in [5.41, 5.74) is -0.943. The van der Waals surface area contributed by atoms with Crippen LogP contribution in [0, 0.1) is 11.3 Å². The van der Waals surface area contributed by atoms with Crippen LogP contribution in [0.2, 0.25) is 0 Å². The lowest BCUT2D eigenvalue weighted by molar-refractivity contribution is -0.137. The maximum absolute atomic E-state index is 12.8. The highest BCUT2D eigenvalue weighted by molar-refractivity contribution is 7.09. The number of carbonyl (C=O) groups excluding carboxylic acids is 1. The molecule has 0 saturated carbocycles. The Balaban J connectivity index is 1.61. The molecule has 0 aliphatic heterocycles. The zero-order chi connectivity index (χ0) is 21.6. The lowest BCUT2D eigenvalue weighted by Crippen LogP contribution is -2.23. The largest absolute Gasteiger partial charge is 0.486 e. The Hall–Kier alpha value is -3.51. The van der Waals surface area contributed by atoms with E-state index in [1.54, 1.807) is 6.07 Å². The van der Waals surface area contributed by atoms with Crippen LogP contribution in [0.4, 0.5) is 13.2 Å².